The van der Waals surface area contributed by atoms with E-state index in [1.165, 1.54) is 5.56 Å². The molecule has 2 saturated heterocycles. The van der Waals surface area contributed by atoms with Gasteiger partial charge in [0.2, 0.25) is 5.91 Å². The van der Waals surface area contributed by atoms with Crippen molar-refractivity contribution in [2.75, 3.05) is 32.8 Å². The number of imide groups is 1. The molecule has 26 heavy (non-hydrogen) atoms. The summed E-state index contributed by atoms with van der Waals surface area (Å²) in [5, 5.41) is 2.75. The predicted molar refractivity (Wildman–Crippen MR) is 95.4 cm³/mol. The van der Waals surface area contributed by atoms with Crippen molar-refractivity contribution in [3.63, 3.8) is 0 Å². The van der Waals surface area contributed by atoms with Crippen LogP contribution in [0.4, 0.5) is 4.79 Å². The highest BCUT2D eigenvalue weighted by Gasteiger charge is 2.49. The number of rotatable bonds is 5. The van der Waals surface area contributed by atoms with Crippen LogP contribution in [0.2, 0.25) is 0 Å². The minimum absolute atomic E-state index is 0.237. The van der Waals surface area contributed by atoms with E-state index in [0.29, 0.717) is 26.3 Å². The number of benzene rings is 1. The molecule has 2 heterocycles. The quantitative estimate of drug-likeness (QED) is 0.803. The summed E-state index contributed by atoms with van der Waals surface area (Å²) < 4.78 is 5.23. The fourth-order valence-corrected chi connectivity index (χ4v) is 3.38. The van der Waals surface area contributed by atoms with Crippen LogP contribution in [0.15, 0.2) is 24.3 Å². The second kappa shape index (κ2) is 7.45. The molecule has 0 unspecified atom stereocenters. The Bertz CT molecular complexity index is 697. The lowest BCUT2D eigenvalue weighted by Gasteiger charge is -2.28. The smallest absolute Gasteiger partial charge is 0.325 e. The summed E-state index contributed by atoms with van der Waals surface area (Å²) in [6, 6.07) is 7.17. The molecule has 2 fully saturated rings. The van der Waals surface area contributed by atoms with Crippen molar-refractivity contribution in [3.8, 4) is 0 Å². The van der Waals surface area contributed by atoms with Gasteiger partial charge in [0.05, 0.1) is 13.2 Å². The number of hydrogen-bond acceptors (Lipinski definition) is 4. The topological polar surface area (TPSA) is 79.0 Å². The first-order valence-electron chi connectivity index (χ1n) is 9.04. The normalized spacial score (nSPS) is 23.3. The van der Waals surface area contributed by atoms with Crippen LogP contribution in [0.5, 0.6) is 0 Å². The number of carbonyl (C=O) groups is 3. The summed E-state index contributed by atoms with van der Waals surface area (Å²) in [5.74, 6) is -0.633. The molecule has 1 N–H and O–H groups in total. The van der Waals surface area contributed by atoms with Crippen LogP contribution in [0, 0.1) is 0 Å². The third-order valence-corrected chi connectivity index (χ3v) is 5.00. The average Bonchev–Trinajstić information content (AvgIpc) is 2.87. The first-order valence-corrected chi connectivity index (χ1v) is 9.04. The number of morpholine rings is 1. The summed E-state index contributed by atoms with van der Waals surface area (Å²) >= 11 is 0. The van der Waals surface area contributed by atoms with Crippen LogP contribution in [0.25, 0.3) is 0 Å². The summed E-state index contributed by atoms with van der Waals surface area (Å²) in [7, 11) is 0. The van der Waals surface area contributed by atoms with Crippen molar-refractivity contribution in [2.24, 2.45) is 0 Å². The number of aryl methyl sites for hydroxylation is 1. The third kappa shape index (κ3) is 3.44. The summed E-state index contributed by atoms with van der Waals surface area (Å²) in [6.45, 7) is 5.48. The van der Waals surface area contributed by atoms with E-state index >= 15 is 0 Å². The van der Waals surface area contributed by atoms with E-state index in [1.807, 2.05) is 24.3 Å². The van der Waals surface area contributed by atoms with Gasteiger partial charge >= 0.3 is 6.03 Å². The van der Waals surface area contributed by atoms with E-state index in [9.17, 15) is 14.4 Å². The van der Waals surface area contributed by atoms with Crippen LogP contribution in [-0.4, -0.2) is 60.5 Å². The van der Waals surface area contributed by atoms with Gasteiger partial charge < -0.3 is 15.0 Å². The van der Waals surface area contributed by atoms with Gasteiger partial charge in [-0.05, 0) is 24.5 Å². The molecule has 0 bridgehead atoms. The van der Waals surface area contributed by atoms with Crippen LogP contribution in [-0.2, 0) is 26.3 Å². The van der Waals surface area contributed by atoms with Crippen LogP contribution in [0.1, 0.15) is 31.4 Å². The zero-order chi connectivity index (χ0) is 18.7. The van der Waals surface area contributed by atoms with E-state index in [4.69, 9.17) is 4.74 Å². The number of ether oxygens (including phenoxy) is 1. The molecule has 140 valence electrons. The molecule has 7 heteroatoms. The van der Waals surface area contributed by atoms with Gasteiger partial charge in [0.15, 0.2) is 0 Å². The van der Waals surface area contributed by atoms with Gasteiger partial charge in [0.1, 0.15) is 12.1 Å². The van der Waals surface area contributed by atoms with Crippen molar-refractivity contribution in [2.45, 2.75) is 32.2 Å². The number of nitrogens with zero attached hydrogens (tertiary/aromatic N) is 2. The molecule has 0 saturated carbocycles. The van der Waals surface area contributed by atoms with Crippen molar-refractivity contribution in [1.29, 1.82) is 0 Å². The van der Waals surface area contributed by atoms with Crippen LogP contribution in [0.3, 0.4) is 0 Å². The lowest BCUT2D eigenvalue weighted by Crippen LogP contribution is -2.47. The molecule has 0 aromatic heterocycles. The molecule has 1 atom stereocenters. The Kier molecular flexibility index (Phi) is 5.27. The molecule has 4 amide bonds. The molecule has 3 rings (SSSR count). The van der Waals surface area contributed by atoms with Gasteiger partial charge in [0, 0.05) is 13.1 Å². The first-order chi connectivity index (χ1) is 12.5. The van der Waals surface area contributed by atoms with Crippen molar-refractivity contribution >= 4 is 17.8 Å². The Morgan fingerprint density at radius 2 is 1.85 bits per heavy atom. The minimum atomic E-state index is -1.15. The lowest BCUT2D eigenvalue weighted by atomic mass is 9.91. The standard InChI is InChI=1S/C19H25N3O4/c1-3-4-14-5-7-15(8-6-14)19(2)17(24)22(18(25)20-19)13-16(23)21-9-11-26-12-10-21/h5-8H,3-4,9-13H2,1-2H3,(H,20,25)/t19-/m1/s1. The Hall–Kier alpha value is -2.41. The minimum Gasteiger partial charge on any atom is -0.378 e. The van der Waals surface area contributed by atoms with Gasteiger partial charge in [0.25, 0.3) is 5.91 Å². The summed E-state index contributed by atoms with van der Waals surface area (Å²) in [6.07, 6.45) is 2.02. The third-order valence-electron chi connectivity index (χ3n) is 5.00. The first kappa shape index (κ1) is 18.4. The summed E-state index contributed by atoms with van der Waals surface area (Å²) in [5.41, 5.74) is 0.764. The average molecular weight is 359 g/mol. The monoisotopic (exact) mass is 359 g/mol. The van der Waals surface area contributed by atoms with Crippen molar-refractivity contribution < 1.29 is 19.1 Å². The number of carbonyl (C=O) groups excluding carboxylic acids is 3. The maximum atomic E-state index is 12.9. The summed E-state index contributed by atoms with van der Waals surface area (Å²) in [4.78, 5) is 40.3. The second-order valence-electron chi connectivity index (χ2n) is 6.89. The highest BCUT2D eigenvalue weighted by atomic mass is 16.5. The van der Waals surface area contributed by atoms with Crippen molar-refractivity contribution in [1.82, 2.24) is 15.1 Å². The highest BCUT2D eigenvalue weighted by molar-refractivity contribution is 6.09. The predicted octanol–water partition coefficient (Wildman–Crippen LogP) is 1.26. The Balaban J connectivity index is 1.73. The fraction of sp³-hybridized carbons (Fsp3) is 0.526. The Labute approximate surface area is 153 Å². The Morgan fingerprint density at radius 1 is 1.19 bits per heavy atom. The van der Waals surface area contributed by atoms with Gasteiger partial charge in [-0.15, -0.1) is 0 Å². The van der Waals surface area contributed by atoms with Gasteiger partial charge in [-0.3, -0.25) is 14.5 Å². The van der Waals surface area contributed by atoms with Gasteiger partial charge in [-0.25, -0.2) is 4.79 Å². The molecular weight excluding hydrogens is 334 g/mol. The largest absolute Gasteiger partial charge is 0.378 e. The molecule has 0 radical (unpaired) electrons. The number of amides is 4. The second-order valence-corrected chi connectivity index (χ2v) is 6.89. The highest BCUT2D eigenvalue weighted by Crippen LogP contribution is 2.29. The molecule has 2 aliphatic heterocycles. The molecular formula is C19H25N3O4. The van der Waals surface area contributed by atoms with Gasteiger partial charge in [-0.2, -0.15) is 0 Å². The zero-order valence-electron chi connectivity index (χ0n) is 15.3. The maximum Gasteiger partial charge on any atom is 0.325 e. The fourth-order valence-electron chi connectivity index (χ4n) is 3.38. The van der Waals surface area contributed by atoms with E-state index in [1.54, 1.807) is 11.8 Å². The molecule has 1 aromatic carbocycles. The van der Waals surface area contributed by atoms with E-state index in [2.05, 4.69) is 12.2 Å². The number of hydrogen-bond donors (Lipinski definition) is 1. The molecule has 0 spiro atoms. The van der Waals surface area contributed by atoms with Crippen LogP contribution < -0.4 is 5.32 Å². The zero-order valence-corrected chi connectivity index (χ0v) is 15.3. The van der Waals surface area contributed by atoms with E-state index in [0.717, 1.165) is 23.3 Å². The van der Waals surface area contributed by atoms with E-state index < -0.39 is 17.5 Å². The molecule has 1 aromatic rings. The number of nitrogens with one attached hydrogen (secondary N) is 1. The molecule has 7 nitrogen and oxygen atoms in total. The Morgan fingerprint density at radius 3 is 2.46 bits per heavy atom. The molecule has 0 aliphatic carbocycles. The lowest BCUT2D eigenvalue weighted by molar-refractivity contribution is -0.141. The van der Waals surface area contributed by atoms with Crippen molar-refractivity contribution in [3.05, 3.63) is 35.4 Å². The van der Waals surface area contributed by atoms with E-state index in [-0.39, 0.29) is 12.5 Å². The SMILES string of the molecule is CCCc1ccc([C@@]2(C)NC(=O)N(CC(=O)N3CCOCC3)C2=O)cc1. The van der Waals surface area contributed by atoms with Gasteiger partial charge in [-0.1, -0.05) is 37.6 Å². The van der Waals surface area contributed by atoms with Crippen LogP contribution >= 0.6 is 0 Å². The maximum absolute atomic E-state index is 12.9. The number of urea groups is 1. The molecule has 2 aliphatic rings.